The molecule has 0 radical (unpaired) electrons. The van der Waals surface area contributed by atoms with Crippen molar-refractivity contribution in [1.82, 2.24) is 15.1 Å². The summed E-state index contributed by atoms with van der Waals surface area (Å²) in [6.07, 6.45) is 2.16. The molecule has 0 spiro atoms. The van der Waals surface area contributed by atoms with Crippen LogP contribution in [-0.2, 0) is 11.3 Å². The fraction of sp³-hybridized carbons (Fsp3) is 0.559. The molecule has 4 N–H and O–H groups in total. The van der Waals surface area contributed by atoms with Crippen LogP contribution >= 0.6 is 0 Å². The number of aliphatic hydroxyl groups excluding tert-OH is 1. The Morgan fingerprint density at radius 1 is 1.09 bits per heavy atom. The van der Waals surface area contributed by atoms with Crippen molar-refractivity contribution in [3.8, 4) is 5.75 Å². The number of carbonyl (C=O) groups is 3. The summed E-state index contributed by atoms with van der Waals surface area (Å²) >= 11 is 0. The van der Waals surface area contributed by atoms with Gasteiger partial charge in [0.05, 0.1) is 36.0 Å². The van der Waals surface area contributed by atoms with Crippen LogP contribution in [0.3, 0.4) is 0 Å². The Morgan fingerprint density at radius 2 is 1.80 bits per heavy atom. The number of hydrogen-bond donors (Lipinski definition) is 4. The average molecular weight is 627 g/mol. The van der Waals surface area contributed by atoms with Gasteiger partial charge in [-0.1, -0.05) is 19.1 Å². The summed E-state index contributed by atoms with van der Waals surface area (Å²) in [4.78, 5) is 41.7. The molecule has 1 heterocycles. The Kier molecular flexibility index (Phi) is 13.6. The number of carbonyl (C=O) groups excluding carboxylic acids is 2. The quantitative estimate of drug-likeness (QED) is 0.310. The third kappa shape index (κ3) is 11.0. The first-order valence-electron chi connectivity index (χ1n) is 15.8. The Balaban J connectivity index is 1.88. The number of aliphatic hydroxyl groups is 1. The van der Waals surface area contributed by atoms with Gasteiger partial charge in [0.15, 0.2) is 0 Å². The van der Waals surface area contributed by atoms with E-state index in [1.54, 1.807) is 42.2 Å². The number of anilines is 1. The second-order valence-corrected chi connectivity index (χ2v) is 12.5. The molecule has 0 saturated carbocycles. The van der Waals surface area contributed by atoms with E-state index >= 15 is 0 Å². The van der Waals surface area contributed by atoms with Crippen LogP contribution in [0.25, 0.3) is 0 Å². The van der Waals surface area contributed by atoms with Crippen molar-refractivity contribution >= 4 is 23.6 Å². The van der Waals surface area contributed by atoms with E-state index < -0.39 is 12.0 Å². The molecule has 3 amide bonds. The van der Waals surface area contributed by atoms with Crippen LogP contribution in [-0.4, -0.2) is 95.6 Å². The molecule has 1 aliphatic heterocycles. The lowest BCUT2D eigenvalue weighted by Gasteiger charge is -2.36. The largest absolute Gasteiger partial charge is 0.490 e. The van der Waals surface area contributed by atoms with Gasteiger partial charge in [-0.3, -0.25) is 9.69 Å². The topological polar surface area (TPSA) is 141 Å². The van der Waals surface area contributed by atoms with Crippen molar-refractivity contribution in [3.05, 3.63) is 59.2 Å². The Hall–Kier alpha value is -3.67. The molecule has 0 saturated heterocycles. The number of likely N-dealkylation sites (N-methyl/N-ethyl adjacent to an activating group) is 1. The minimum Gasteiger partial charge on any atom is -0.490 e. The molecular weight excluding hydrogens is 576 g/mol. The first kappa shape index (κ1) is 35.8. The van der Waals surface area contributed by atoms with E-state index in [1.165, 1.54) is 0 Å². The molecule has 3 rings (SSSR count). The highest BCUT2D eigenvalue weighted by atomic mass is 16.5. The molecule has 2 aromatic carbocycles. The number of urea groups is 1. The molecular formula is C34H50N4O7. The van der Waals surface area contributed by atoms with Crippen LogP contribution in [0.15, 0.2) is 42.5 Å². The van der Waals surface area contributed by atoms with Crippen molar-refractivity contribution in [3.63, 3.8) is 0 Å². The van der Waals surface area contributed by atoms with Crippen molar-refractivity contribution in [1.29, 1.82) is 0 Å². The van der Waals surface area contributed by atoms with E-state index in [2.05, 4.69) is 15.5 Å². The van der Waals surface area contributed by atoms with E-state index in [-0.39, 0.29) is 48.3 Å². The van der Waals surface area contributed by atoms with Gasteiger partial charge < -0.3 is 35.2 Å². The van der Waals surface area contributed by atoms with Gasteiger partial charge in [-0.2, -0.15) is 0 Å². The molecule has 0 aromatic heterocycles. The fourth-order valence-electron chi connectivity index (χ4n) is 5.33. The summed E-state index contributed by atoms with van der Waals surface area (Å²) in [6.45, 7) is 11.4. The third-order valence-corrected chi connectivity index (χ3v) is 7.87. The Bertz CT molecular complexity index is 1270. The normalized spacial score (nSPS) is 20.6. The second kappa shape index (κ2) is 17.1. The number of nitrogens with zero attached hydrogens (tertiary/aromatic N) is 2. The molecule has 0 unspecified atom stereocenters. The fourth-order valence-corrected chi connectivity index (χ4v) is 5.33. The number of rotatable bonds is 9. The minimum atomic E-state index is -0.958. The van der Waals surface area contributed by atoms with Gasteiger partial charge in [-0.15, -0.1) is 0 Å². The summed E-state index contributed by atoms with van der Waals surface area (Å²) in [6, 6.07) is 11.0. The van der Waals surface area contributed by atoms with Gasteiger partial charge >= 0.3 is 12.0 Å². The Labute approximate surface area is 266 Å². The first-order valence-corrected chi connectivity index (χ1v) is 15.8. The van der Waals surface area contributed by atoms with Gasteiger partial charge in [0.2, 0.25) is 0 Å². The van der Waals surface area contributed by atoms with Crippen molar-refractivity contribution in [2.75, 3.05) is 38.7 Å². The van der Waals surface area contributed by atoms with Gasteiger partial charge in [0.1, 0.15) is 5.75 Å². The molecule has 2 aromatic rings. The average Bonchev–Trinajstić information content (AvgIpc) is 2.98. The lowest BCUT2D eigenvalue weighted by molar-refractivity contribution is -0.0177. The SMILES string of the molecule is CC(C)NC(=O)Nc1ccc2c(c1)C(=O)N([C@H](C)CO)C[C@@H](C)[C@@H](CN(C)Cc1ccc(C(=O)O)cc1)OCCCC[C@@H](C)O2. The monoisotopic (exact) mass is 626 g/mol. The van der Waals surface area contributed by atoms with Crippen LogP contribution in [0.2, 0.25) is 0 Å². The van der Waals surface area contributed by atoms with Gasteiger partial charge in [0, 0.05) is 43.9 Å². The zero-order valence-electron chi connectivity index (χ0n) is 27.4. The van der Waals surface area contributed by atoms with Crippen LogP contribution in [0.5, 0.6) is 5.75 Å². The number of carboxylic acid groups (broad SMARTS) is 1. The predicted molar refractivity (Wildman–Crippen MR) is 174 cm³/mol. The maximum absolute atomic E-state index is 14.2. The van der Waals surface area contributed by atoms with Crippen LogP contribution in [0.4, 0.5) is 10.5 Å². The molecule has 11 heteroatoms. The lowest BCUT2D eigenvalue weighted by Crippen LogP contribution is -2.47. The van der Waals surface area contributed by atoms with Crippen LogP contribution < -0.4 is 15.4 Å². The van der Waals surface area contributed by atoms with Crippen molar-refractivity contribution < 1.29 is 34.1 Å². The van der Waals surface area contributed by atoms with Crippen LogP contribution in [0.1, 0.15) is 80.2 Å². The smallest absolute Gasteiger partial charge is 0.335 e. The number of hydrogen-bond acceptors (Lipinski definition) is 7. The van der Waals surface area contributed by atoms with Gasteiger partial charge in [-0.05, 0) is 89.9 Å². The highest BCUT2D eigenvalue weighted by Gasteiger charge is 2.30. The maximum Gasteiger partial charge on any atom is 0.335 e. The van der Waals surface area contributed by atoms with Crippen molar-refractivity contribution in [2.45, 2.75) is 84.7 Å². The van der Waals surface area contributed by atoms with Gasteiger partial charge in [-0.25, -0.2) is 9.59 Å². The molecule has 0 bridgehead atoms. The molecule has 248 valence electrons. The second-order valence-electron chi connectivity index (χ2n) is 12.5. The summed E-state index contributed by atoms with van der Waals surface area (Å²) < 4.78 is 12.7. The van der Waals surface area contributed by atoms with E-state index in [9.17, 15) is 24.6 Å². The molecule has 0 aliphatic carbocycles. The number of aromatic carboxylic acids is 1. The van der Waals surface area contributed by atoms with E-state index in [0.717, 1.165) is 24.8 Å². The van der Waals surface area contributed by atoms with E-state index in [1.807, 2.05) is 46.9 Å². The highest BCUT2D eigenvalue weighted by Crippen LogP contribution is 2.28. The first-order chi connectivity index (χ1) is 21.4. The molecule has 45 heavy (non-hydrogen) atoms. The molecule has 4 atom stereocenters. The zero-order valence-corrected chi connectivity index (χ0v) is 27.4. The number of benzene rings is 2. The van der Waals surface area contributed by atoms with E-state index in [4.69, 9.17) is 9.47 Å². The summed E-state index contributed by atoms with van der Waals surface area (Å²) in [7, 11) is 1.99. The molecule has 11 nitrogen and oxygen atoms in total. The standard InChI is InChI=1S/C34H50N4O7/c1-22(2)35-34(43)36-28-14-15-30-29(17-28)32(40)38(24(4)21-39)18-23(3)31(44-16-8-7-9-25(5)45-30)20-37(6)19-26-10-12-27(13-11-26)33(41)42/h10-15,17,22-25,31,39H,7-9,16,18-21H2,1-6H3,(H,41,42)(H2,35,36,43)/t23-,24-,25-,31-/m1/s1. The Morgan fingerprint density at radius 3 is 2.44 bits per heavy atom. The maximum atomic E-state index is 14.2. The number of amides is 3. The van der Waals surface area contributed by atoms with Gasteiger partial charge in [0.25, 0.3) is 5.91 Å². The lowest BCUT2D eigenvalue weighted by atomic mass is 10.0. The molecule has 1 aliphatic rings. The number of ether oxygens (including phenoxy) is 2. The van der Waals surface area contributed by atoms with Crippen LogP contribution in [0, 0.1) is 5.92 Å². The minimum absolute atomic E-state index is 0.0535. The summed E-state index contributed by atoms with van der Waals surface area (Å²) in [5.74, 6) is -0.922. The number of nitrogens with one attached hydrogen (secondary N) is 2. The van der Waals surface area contributed by atoms with Crippen molar-refractivity contribution in [2.24, 2.45) is 5.92 Å². The molecule has 0 fully saturated rings. The number of carboxylic acids is 1. The predicted octanol–water partition coefficient (Wildman–Crippen LogP) is 4.84. The summed E-state index contributed by atoms with van der Waals surface area (Å²) in [5, 5.41) is 25.0. The zero-order chi connectivity index (χ0) is 33.1. The highest BCUT2D eigenvalue weighted by molar-refractivity contribution is 5.99. The summed E-state index contributed by atoms with van der Waals surface area (Å²) in [5.41, 5.74) is 2.00. The third-order valence-electron chi connectivity index (χ3n) is 7.87. The number of fused-ring (bicyclic) bond motifs is 1. The van der Waals surface area contributed by atoms with E-state index in [0.29, 0.717) is 43.2 Å².